The number of halogens is 2. The molecule has 1 saturated heterocycles. The van der Waals surface area contributed by atoms with Crippen LogP contribution < -0.4 is 10.6 Å². The van der Waals surface area contributed by atoms with Gasteiger partial charge in [-0.1, -0.05) is 42.4 Å². The van der Waals surface area contributed by atoms with E-state index in [2.05, 4.69) is 45.6 Å². The van der Waals surface area contributed by atoms with Crippen molar-refractivity contribution in [1.82, 2.24) is 5.32 Å². The smallest absolute Gasteiger partial charge is 0.260 e. The number of aromatic hydroxyl groups is 1. The van der Waals surface area contributed by atoms with Crippen LogP contribution in [0.15, 0.2) is 45.8 Å². The molecule has 0 saturated carbocycles. The van der Waals surface area contributed by atoms with Gasteiger partial charge in [-0.3, -0.25) is 4.79 Å². The number of carbonyl (C=O) groups excluding carboxylic acids is 1. The normalized spacial score (nSPS) is 18.4. The number of anilines is 1. The van der Waals surface area contributed by atoms with Crippen molar-refractivity contribution in [3.63, 3.8) is 0 Å². The maximum Gasteiger partial charge on any atom is 0.260 e. The number of rotatable bonds is 4. The highest BCUT2D eigenvalue weighted by Crippen LogP contribution is 2.36. The van der Waals surface area contributed by atoms with Crippen molar-refractivity contribution in [3.05, 3.63) is 61.9 Å². The van der Waals surface area contributed by atoms with Crippen LogP contribution in [-0.2, 0) is 11.2 Å². The lowest BCUT2D eigenvalue weighted by molar-refractivity contribution is -0.116. The molecule has 0 spiro atoms. The highest BCUT2D eigenvalue weighted by molar-refractivity contribution is 9.10. The third-order valence-corrected chi connectivity index (χ3v) is 5.65. The Morgan fingerprint density at radius 2 is 2.08 bits per heavy atom. The molecule has 1 fully saturated rings. The SMILES string of the molecule is CCc1ccc(N[C@H]2NC(=O)/C(=C/c3cc(Cl)c(O)c(Br)c3)S2)cc1. The predicted molar refractivity (Wildman–Crippen MR) is 108 cm³/mol. The van der Waals surface area contributed by atoms with Crippen LogP contribution >= 0.6 is 39.3 Å². The lowest BCUT2D eigenvalue weighted by atomic mass is 10.1. The summed E-state index contributed by atoms with van der Waals surface area (Å²) < 4.78 is 0.487. The van der Waals surface area contributed by atoms with Gasteiger partial charge < -0.3 is 15.7 Å². The average Bonchev–Trinajstić information content (AvgIpc) is 2.92. The second-order valence-corrected chi connectivity index (χ2v) is 7.92. The van der Waals surface area contributed by atoms with Crippen LogP contribution in [-0.4, -0.2) is 16.5 Å². The predicted octanol–water partition coefficient (Wildman–Crippen LogP) is 4.97. The van der Waals surface area contributed by atoms with E-state index in [0.717, 1.165) is 17.7 Å². The van der Waals surface area contributed by atoms with Gasteiger partial charge in [0.1, 0.15) is 5.75 Å². The zero-order valence-electron chi connectivity index (χ0n) is 13.3. The molecule has 25 heavy (non-hydrogen) atoms. The zero-order chi connectivity index (χ0) is 18.0. The van der Waals surface area contributed by atoms with Gasteiger partial charge in [0.25, 0.3) is 5.91 Å². The Kier molecular flexibility index (Phi) is 5.61. The van der Waals surface area contributed by atoms with Gasteiger partial charge in [0.05, 0.1) is 14.4 Å². The van der Waals surface area contributed by atoms with Crippen LogP contribution in [0.2, 0.25) is 5.02 Å². The summed E-state index contributed by atoms with van der Waals surface area (Å²) in [5.74, 6) is -0.157. The third-order valence-electron chi connectivity index (χ3n) is 3.73. The summed E-state index contributed by atoms with van der Waals surface area (Å²) in [5.41, 5.74) is 2.72. The summed E-state index contributed by atoms with van der Waals surface area (Å²) in [6.45, 7) is 2.11. The number of aryl methyl sites for hydroxylation is 1. The lowest BCUT2D eigenvalue weighted by Gasteiger charge is -2.12. The van der Waals surface area contributed by atoms with Gasteiger partial charge in [-0.2, -0.15) is 0 Å². The fraction of sp³-hybridized carbons (Fsp3) is 0.167. The molecule has 1 aliphatic heterocycles. The summed E-state index contributed by atoms with van der Waals surface area (Å²) in [4.78, 5) is 12.8. The Hall–Kier alpha value is -1.63. The average molecular weight is 440 g/mol. The lowest BCUT2D eigenvalue weighted by Crippen LogP contribution is -2.30. The molecule has 1 aliphatic rings. The Balaban J connectivity index is 1.73. The van der Waals surface area contributed by atoms with Gasteiger partial charge in [0, 0.05) is 5.69 Å². The first kappa shape index (κ1) is 18.2. The maximum atomic E-state index is 12.2. The van der Waals surface area contributed by atoms with Gasteiger partial charge in [-0.15, -0.1) is 0 Å². The van der Waals surface area contributed by atoms with Gasteiger partial charge in [-0.25, -0.2) is 0 Å². The van der Waals surface area contributed by atoms with Crippen molar-refractivity contribution in [2.24, 2.45) is 0 Å². The summed E-state index contributed by atoms with van der Waals surface area (Å²) in [6, 6.07) is 11.5. The van der Waals surface area contributed by atoms with Crippen LogP contribution in [0.3, 0.4) is 0 Å². The molecule has 3 rings (SSSR count). The van der Waals surface area contributed by atoms with E-state index < -0.39 is 0 Å². The highest BCUT2D eigenvalue weighted by Gasteiger charge is 2.27. The summed E-state index contributed by atoms with van der Waals surface area (Å²) in [5, 5.41) is 16.1. The number of hydrogen-bond acceptors (Lipinski definition) is 4. The van der Waals surface area contributed by atoms with Crippen molar-refractivity contribution in [2.45, 2.75) is 18.8 Å². The van der Waals surface area contributed by atoms with Gasteiger partial charge in [-0.05, 0) is 63.8 Å². The Morgan fingerprint density at radius 3 is 2.72 bits per heavy atom. The number of carbonyl (C=O) groups is 1. The van der Waals surface area contributed by atoms with Gasteiger partial charge >= 0.3 is 0 Å². The van der Waals surface area contributed by atoms with Crippen molar-refractivity contribution in [3.8, 4) is 5.75 Å². The van der Waals surface area contributed by atoms with Gasteiger partial charge in [0.15, 0.2) is 5.50 Å². The molecule has 0 bridgehead atoms. The van der Waals surface area contributed by atoms with E-state index in [1.54, 1.807) is 18.2 Å². The maximum absolute atomic E-state index is 12.2. The summed E-state index contributed by atoms with van der Waals surface area (Å²) in [6.07, 6.45) is 2.74. The number of phenolic OH excluding ortho intramolecular Hbond substituents is 1. The topological polar surface area (TPSA) is 61.4 Å². The molecule has 7 heteroatoms. The van der Waals surface area contributed by atoms with E-state index in [0.29, 0.717) is 9.38 Å². The van der Waals surface area contributed by atoms with Crippen LogP contribution in [0, 0.1) is 0 Å². The molecule has 4 nitrogen and oxygen atoms in total. The van der Waals surface area contributed by atoms with Crippen molar-refractivity contribution < 1.29 is 9.90 Å². The van der Waals surface area contributed by atoms with Gasteiger partial charge in [0.2, 0.25) is 0 Å². The number of nitrogens with one attached hydrogen (secondary N) is 2. The molecule has 1 atom stereocenters. The first-order valence-corrected chi connectivity index (χ1v) is 9.74. The first-order chi connectivity index (χ1) is 12.0. The molecule has 1 amide bonds. The van der Waals surface area contributed by atoms with Crippen LogP contribution in [0.4, 0.5) is 5.69 Å². The van der Waals surface area contributed by atoms with E-state index in [4.69, 9.17) is 11.6 Å². The van der Waals surface area contributed by atoms with Crippen LogP contribution in [0.5, 0.6) is 5.75 Å². The van der Waals surface area contributed by atoms with Crippen LogP contribution in [0.1, 0.15) is 18.1 Å². The monoisotopic (exact) mass is 438 g/mol. The molecular formula is C18H16BrClN2O2S. The van der Waals surface area contributed by atoms with Crippen LogP contribution in [0.25, 0.3) is 6.08 Å². The van der Waals surface area contributed by atoms with Crippen molar-refractivity contribution >= 4 is 57.0 Å². The van der Waals surface area contributed by atoms with Crippen molar-refractivity contribution in [2.75, 3.05) is 5.32 Å². The molecule has 2 aromatic carbocycles. The number of thioether (sulfide) groups is 1. The molecule has 0 radical (unpaired) electrons. The molecule has 0 aliphatic carbocycles. The Labute approximate surface area is 163 Å². The third kappa shape index (κ3) is 4.32. The second-order valence-electron chi connectivity index (χ2n) is 5.51. The minimum atomic E-state index is -0.234. The fourth-order valence-electron chi connectivity index (χ4n) is 2.37. The largest absolute Gasteiger partial charge is 0.505 e. The molecule has 1 heterocycles. The zero-order valence-corrected chi connectivity index (χ0v) is 16.5. The van der Waals surface area contributed by atoms with E-state index in [1.807, 2.05) is 12.1 Å². The minimum absolute atomic E-state index is 0.0117. The standard InChI is InChI=1S/C18H16BrClN2O2S/c1-2-10-3-5-12(6-4-10)21-18-22-17(24)15(25-18)9-11-7-13(19)16(23)14(20)8-11/h3-9,18,21,23H,2H2,1H3,(H,22,24)/b15-9-/t18-/m0/s1. The van der Waals surface area contributed by atoms with E-state index in [1.165, 1.54) is 17.3 Å². The molecule has 2 aromatic rings. The number of amides is 1. The minimum Gasteiger partial charge on any atom is -0.505 e. The molecule has 130 valence electrons. The first-order valence-electron chi connectivity index (χ1n) is 7.69. The molecule has 0 unspecified atom stereocenters. The number of phenols is 1. The van der Waals surface area contributed by atoms with Crippen molar-refractivity contribution in [1.29, 1.82) is 0 Å². The molecular weight excluding hydrogens is 424 g/mol. The van der Waals surface area contributed by atoms with E-state index >= 15 is 0 Å². The fourth-order valence-corrected chi connectivity index (χ4v) is 4.18. The quantitative estimate of drug-likeness (QED) is 0.589. The molecule has 0 aromatic heterocycles. The number of hydrogen-bond donors (Lipinski definition) is 3. The Bertz CT molecular complexity index is 816. The summed E-state index contributed by atoms with van der Waals surface area (Å²) >= 11 is 10.6. The van der Waals surface area contributed by atoms with E-state index in [-0.39, 0.29) is 22.2 Å². The molecule has 3 N–H and O–H groups in total. The second kappa shape index (κ2) is 7.72. The highest BCUT2D eigenvalue weighted by atomic mass is 79.9. The number of benzene rings is 2. The van der Waals surface area contributed by atoms with E-state index in [9.17, 15) is 9.90 Å². The summed E-state index contributed by atoms with van der Waals surface area (Å²) in [7, 11) is 0. The Morgan fingerprint density at radius 1 is 1.36 bits per heavy atom.